The van der Waals surface area contributed by atoms with Gasteiger partial charge in [0.25, 0.3) is 5.78 Å². The van der Waals surface area contributed by atoms with E-state index in [1.807, 2.05) is 29.2 Å². The number of carbonyl (C=O) groups is 1. The van der Waals surface area contributed by atoms with Gasteiger partial charge in [0.15, 0.2) is 5.16 Å². The summed E-state index contributed by atoms with van der Waals surface area (Å²) in [4.78, 5) is 18.8. The SMILES string of the molecule is Cc1cc(C)n2c(SCC(=O)N3CCCC[C@@H]3C)nnc2n1. The minimum atomic E-state index is 0.187. The van der Waals surface area contributed by atoms with Gasteiger partial charge >= 0.3 is 0 Å². The number of hydrogen-bond donors (Lipinski definition) is 0. The van der Waals surface area contributed by atoms with Crippen molar-refractivity contribution in [1.82, 2.24) is 24.5 Å². The molecule has 0 spiro atoms. The summed E-state index contributed by atoms with van der Waals surface area (Å²) in [7, 11) is 0. The number of aromatic nitrogens is 4. The molecule has 6 nitrogen and oxygen atoms in total. The van der Waals surface area contributed by atoms with E-state index in [2.05, 4.69) is 22.1 Å². The van der Waals surface area contributed by atoms with Crippen LogP contribution in [0.25, 0.3) is 5.78 Å². The van der Waals surface area contributed by atoms with Crippen LogP contribution in [0.1, 0.15) is 37.6 Å². The van der Waals surface area contributed by atoms with Crippen LogP contribution in [0.15, 0.2) is 11.2 Å². The third kappa shape index (κ3) is 2.95. The van der Waals surface area contributed by atoms with Crippen molar-refractivity contribution in [3.63, 3.8) is 0 Å². The summed E-state index contributed by atoms with van der Waals surface area (Å²) in [5.74, 6) is 1.18. The molecular formula is C15H21N5OS. The monoisotopic (exact) mass is 319 g/mol. The largest absolute Gasteiger partial charge is 0.339 e. The molecule has 1 aliphatic rings. The second kappa shape index (κ2) is 6.24. The van der Waals surface area contributed by atoms with Crippen LogP contribution in [-0.4, -0.2) is 48.7 Å². The molecule has 1 aliphatic heterocycles. The quantitative estimate of drug-likeness (QED) is 0.812. The number of piperidine rings is 1. The van der Waals surface area contributed by atoms with Crippen molar-refractivity contribution < 1.29 is 4.79 Å². The first kappa shape index (κ1) is 15.3. The highest BCUT2D eigenvalue weighted by Crippen LogP contribution is 2.22. The maximum Gasteiger partial charge on any atom is 0.256 e. The third-order valence-corrected chi connectivity index (χ3v) is 5.02. The molecule has 0 aliphatic carbocycles. The summed E-state index contributed by atoms with van der Waals surface area (Å²) in [6.07, 6.45) is 3.43. The molecule has 1 fully saturated rings. The van der Waals surface area contributed by atoms with E-state index in [-0.39, 0.29) is 5.91 Å². The Morgan fingerprint density at radius 1 is 1.36 bits per heavy atom. The van der Waals surface area contributed by atoms with Gasteiger partial charge in [-0.1, -0.05) is 11.8 Å². The zero-order valence-corrected chi connectivity index (χ0v) is 14.1. The molecule has 3 heterocycles. The molecule has 0 bridgehead atoms. The Labute approximate surface area is 134 Å². The molecule has 1 saturated heterocycles. The zero-order chi connectivity index (χ0) is 15.7. The lowest BCUT2D eigenvalue weighted by Crippen LogP contribution is -2.42. The van der Waals surface area contributed by atoms with Gasteiger partial charge in [0.05, 0.1) is 5.75 Å². The highest BCUT2D eigenvalue weighted by Gasteiger charge is 2.23. The van der Waals surface area contributed by atoms with Crippen molar-refractivity contribution in [3.05, 3.63) is 17.5 Å². The Morgan fingerprint density at radius 2 is 2.18 bits per heavy atom. The van der Waals surface area contributed by atoms with Gasteiger partial charge in [-0.15, -0.1) is 10.2 Å². The molecule has 2 aromatic heterocycles. The summed E-state index contributed by atoms with van der Waals surface area (Å²) < 4.78 is 1.91. The summed E-state index contributed by atoms with van der Waals surface area (Å²) in [6, 6.07) is 2.35. The normalized spacial score (nSPS) is 18.9. The van der Waals surface area contributed by atoms with Crippen LogP contribution in [0.2, 0.25) is 0 Å². The molecule has 0 saturated carbocycles. The van der Waals surface area contributed by atoms with Crippen LogP contribution in [0.5, 0.6) is 0 Å². The summed E-state index contributed by atoms with van der Waals surface area (Å²) >= 11 is 1.44. The van der Waals surface area contributed by atoms with Crippen molar-refractivity contribution in [1.29, 1.82) is 0 Å². The molecule has 0 N–H and O–H groups in total. The number of hydrogen-bond acceptors (Lipinski definition) is 5. The topological polar surface area (TPSA) is 63.4 Å². The number of carbonyl (C=O) groups excluding carboxylic acids is 1. The van der Waals surface area contributed by atoms with E-state index < -0.39 is 0 Å². The number of aryl methyl sites for hydroxylation is 2. The van der Waals surface area contributed by atoms with Crippen LogP contribution < -0.4 is 0 Å². The number of nitrogens with zero attached hydrogens (tertiary/aromatic N) is 5. The second-order valence-electron chi connectivity index (χ2n) is 5.88. The maximum atomic E-state index is 12.4. The fourth-order valence-corrected chi connectivity index (χ4v) is 3.84. The maximum absolute atomic E-state index is 12.4. The van der Waals surface area contributed by atoms with Gasteiger partial charge in [0.1, 0.15) is 0 Å². The first-order valence-electron chi connectivity index (χ1n) is 7.68. The van der Waals surface area contributed by atoms with Crippen molar-refractivity contribution in [2.75, 3.05) is 12.3 Å². The Bertz CT molecular complexity index is 699. The van der Waals surface area contributed by atoms with Gasteiger partial charge in [-0.05, 0) is 46.1 Å². The molecule has 7 heteroatoms. The summed E-state index contributed by atoms with van der Waals surface area (Å²) in [6.45, 7) is 6.95. The van der Waals surface area contributed by atoms with Crippen LogP contribution in [0.3, 0.4) is 0 Å². The molecule has 0 radical (unpaired) electrons. The lowest BCUT2D eigenvalue weighted by atomic mass is 10.0. The molecule has 22 heavy (non-hydrogen) atoms. The van der Waals surface area contributed by atoms with Gasteiger partial charge in [-0.25, -0.2) is 4.98 Å². The number of amides is 1. The minimum Gasteiger partial charge on any atom is -0.339 e. The lowest BCUT2D eigenvalue weighted by molar-refractivity contribution is -0.131. The summed E-state index contributed by atoms with van der Waals surface area (Å²) in [5, 5.41) is 9.01. The second-order valence-corrected chi connectivity index (χ2v) is 6.82. The zero-order valence-electron chi connectivity index (χ0n) is 13.2. The standard InChI is InChI=1S/C15H21N5OS/c1-10-8-12(3)20-14(16-10)17-18-15(20)22-9-13(21)19-7-5-4-6-11(19)2/h8,11H,4-7,9H2,1-3H3/t11-/m0/s1. The number of fused-ring (bicyclic) bond motifs is 1. The van der Waals surface area contributed by atoms with Gasteiger partial charge in [0.2, 0.25) is 5.91 Å². The van der Waals surface area contributed by atoms with Gasteiger partial charge in [0, 0.05) is 24.0 Å². The van der Waals surface area contributed by atoms with Crippen LogP contribution >= 0.6 is 11.8 Å². The lowest BCUT2D eigenvalue weighted by Gasteiger charge is -2.33. The molecule has 3 rings (SSSR count). The average molecular weight is 319 g/mol. The fourth-order valence-electron chi connectivity index (χ4n) is 2.97. The Kier molecular flexibility index (Phi) is 4.33. The minimum absolute atomic E-state index is 0.187. The first-order valence-corrected chi connectivity index (χ1v) is 8.66. The van der Waals surface area contributed by atoms with Crippen LogP contribution in [-0.2, 0) is 4.79 Å². The summed E-state index contributed by atoms with van der Waals surface area (Å²) in [5.41, 5.74) is 1.96. The molecule has 0 unspecified atom stereocenters. The predicted molar refractivity (Wildman–Crippen MR) is 86.0 cm³/mol. The number of likely N-dealkylation sites (tertiary alicyclic amines) is 1. The highest BCUT2D eigenvalue weighted by atomic mass is 32.2. The van der Waals surface area contributed by atoms with Crippen LogP contribution in [0.4, 0.5) is 0 Å². The number of rotatable bonds is 3. The van der Waals surface area contributed by atoms with Gasteiger partial charge in [-0.2, -0.15) is 0 Å². The van der Waals surface area contributed by atoms with Gasteiger partial charge < -0.3 is 4.90 Å². The number of thioether (sulfide) groups is 1. The fraction of sp³-hybridized carbons (Fsp3) is 0.600. The Balaban J connectivity index is 1.73. The first-order chi connectivity index (χ1) is 10.6. The van der Waals surface area contributed by atoms with E-state index in [0.717, 1.165) is 35.9 Å². The Morgan fingerprint density at radius 3 is 2.95 bits per heavy atom. The third-order valence-electron chi connectivity index (χ3n) is 4.11. The van der Waals surface area contributed by atoms with Gasteiger partial charge in [-0.3, -0.25) is 9.20 Å². The molecule has 1 amide bonds. The molecule has 1 atom stereocenters. The van der Waals surface area contributed by atoms with E-state index in [4.69, 9.17) is 0 Å². The van der Waals surface area contributed by atoms with Crippen molar-refractivity contribution >= 4 is 23.4 Å². The molecule has 0 aromatic carbocycles. The van der Waals surface area contributed by atoms with Crippen molar-refractivity contribution in [3.8, 4) is 0 Å². The smallest absolute Gasteiger partial charge is 0.256 e. The molecule has 2 aromatic rings. The average Bonchev–Trinajstić information content (AvgIpc) is 2.88. The molecular weight excluding hydrogens is 298 g/mol. The van der Waals surface area contributed by atoms with E-state index in [1.165, 1.54) is 18.2 Å². The van der Waals surface area contributed by atoms with Crippen LogP contribution in [0, 0.1) is 13.8 Å². The van der Waals surface area contributed by atoms with Crippen molar-refractivity contribution in [2.45, 2.75) is 51.2 Å². The van der Waals surface area contributed by atoms with E-state index in [9.17, 15) is 4.79 Å². The van der Waals surface area contributed by atoms with E-state index >= 15 is 0 Å². The van der Waals surface area contributed by atoms with E-state index in [1.54, 1.807) is 0 Å². The predicted octanol–water partition coefficient (Wildman–Crippen LogP) is 2.23. The Hall–Kier alpha value is -1.63. The molecule has 118 valence electrons. The van der Waals surface area contributed by atoms with Crippen molar-refractivity contribution in [2.24, 2.45) is 0 Å². The van der Waals surface area contributed by atoms with E-state index in [0.29, 0.717) is 17.6 Å². The highest BCUT2D eigenvalue weighted by molar-refractivity contribution is 7.99.